The molecule has 0 radical (unpaired) electrons. The fraction of sp³-hybridized carbons (Fsp3) is 0.111. The Kier molecular flexibility index (Phi) is 4.32. The summed E-state index contributed by atoms with van der Waals surface area (Å²) in [5.41, 5.74) is 7.70. The van der Waals surface area contributed by atoms with Gasteiger partial charge < -0.3 is 11.1 Å². The van der Waals surface area contributed by atoms with Crippen molar-refractivity contribution in [2.75, 3.05) is 11.1 Å². The number of aryl methyl sites for hydroxylation is 1. The number of hydrogen-bond acceptors (Lipinski definition) is 7. The molecule has 130 valence electrons. The number of hydrogen-bond donors (Lipinski definition) is 2. The average Bonchev–Trinajstić information content (AvgIpc) is 3.28. The second-order valence-electron chi connectivity index (χ2n) is 5.72. The van der Waals surface area contributed by atoms with Crippen molar-refractivity contribution in [3.05, 3.63) is 53.4 Å². The number of nitrogens with one attached hydrogen (secondary N) is 1. The topological polar surface area (TPSA) is 107 Å². The Hall–Kier alpha value is -3.26. The molecule has 2 heterocycles. The van der Waals surface area contributed by atoms with Crippen molar-refractivity contribution in [1.82, 2.24) is 15.3 Å². The Balaban J connectivity index is 1.42. The summed E-state index contributed by atoms with van der Waals surface area (Å²) in [6.45, 7) is 0. The summed E-state index contributed by atoms with van der Waals surface area (Å²) < 4.78 is 4.57. The van der Waals surface area contributed by atoms with Crippen molar-refractivity contribution in [1.29, 1.82) is 0 Å². The van der Waals surface area contributed by atoms with Gasteiger partial charge in [-0.3, -0.25) is 4.79 Å². The monoisotopic (exact) mass is 365 g/mol. The molecule has 0 bridgehead atoms. The largest absolute Gasteiger partial charge is 0.379 e. The standard InChI is InChI=1S/C18H15N5O2S/c19-17-16(22-25-23-17)14-10-26-18(20-14)21-15(24)9-8-12-6-3-5-11-4-1-2-7-13(11)12/h1-7,10H,8-9H2,(H2,19,23)(H,20,21,24). The number of fused-ring (bicyclic) bond motifs is 1. The van der Waals surface area contributed by atoms with Crippen LogP contribution < -0.4 is 11.1 Å². The second kappa shape index (κ2) is 6.93. The summed E-state index contributed by atoms with van der Waals surface area (Å²) in [5.74, 6) is 0.0780. The van der Waals surface area contributed by atoms with E-state index in [-0.39, 0.29) is 11.7 Å². The number of rotatable bonds is 5. The molecule has 0 fully saturated rings. The highest BCUT2D eigenvalue weighted by Crippen LogP contribution is 2.26. The van der Waals surface area contributed by atoms with Gasteiger partial charge in [-0.25, -0.2) is 9.61 Å². The minimum Gasteiger partial charge on any atom is -0.379 e. The van der Waals surface area contributed by atoms with Crippen LogP contribution in [-0.2, 0) is 11.2 Å². The third-order valence-electron chi connectivity index (χ3n) is 4.01. The van der Waals surface area contributed by atoms with E-state index >= 15 is 0 Å². The van der Waals surface area contributed by atoms with Crippen LogP contribution in [0.25, 0.3) is 22.2 Å². The predicted molar refractivity (Wildman–Crippen MR) is 101 cm³/mol. The van der Waals surface area contributed by atoms with Crippen molar-refractivity contribution in [3.8, 4) is 11.4 Å². The number of nitrogens with zero attached hydrogens (tertiary/aromatic N) is 3. The summed E-state index contributed by atoms with van der Waals surface area (Å²) in [6.07, 6.45) is 1.03. The van der Waals surface area contributed by atoms with Gasteiger partial charge in [0.05, 0.1) is 0 Å². The molecule has 0 aliphatic carbocycles. The molecule has 0 aliphatic heterocycles. The minimum absolute atomic E-state index is 0.0925. The number of anilines is 2. The van der Waals surface area contributed by atoms with Crippen LogP contribution in [-0.4, -0.2) is 21.2 Å². The highest BCUT2D eigenvalue weighted by Gasteiger charge is 2.14. The normalized spacial score (nSPS) is 10.9. The van der Waals surface area contributed by atoms with E-state index in [1.807, 2.05) is 18.2 Å². The number of nitrogen functional groups attached to an aromatic ring is 1. The lowest BCUT2D eigenvalue weighted by Crippen LogP contribution is -2.12. The molecular weight excluding hydrogens is 350 g/mol. The number of nitrogens with two attached hydrogens (primary N) is 1. The van der Waals surface area contributed by atoms with Gasteiger partial charge >= 0.3 is 0 Å². The minimum atomic E-state index is -0.0925. The average molecular weight is 365 g/mol. The van der Waals surface area contributed by atoms with Crippen LogP contribution >= 0.6 is 11.3 Å². The Morgan fingerprint density at radius 1 is 1.15 bits per heavy atom. The number of benzene rings is 2. The molecule has 7 nitrogen and oxygen atoms in total. The summed E-state index contributed by atoms with van der Waals surface area (Å²) in [7, 11) is 0. The first-order valence-electron chi connectivity index (χ1n) is 8.01. The van der Waals surface area contributed by atoms with Gasteiger partial charge in [-0.1, -0.05) is 42.5 Å². The zero-order valence-corrected chi connectivity index (χ0v) is 14.5. The third-order valence-corrected chi connectivity index (χ3v) is 4.77. The SMILES string of the molecule is Nc1nonc1-c1csc(NC(=O)CCc2cccc3ccccc23)n1. The molecule has 0 aliphatic rings. The fourth-order valence-corrected chi connectivity index (χ4v) is 3.46. The van der Waals surface area contributed by atoms with Gasteiger partial charge in [-0.2, -0.15) is 0 Å². The van der Waals surface area contributed by atoms with Crippen molar-refractivity contribution in [3.63, 3.8) is 0 Å². The lowest BCUT2D eigenvalue weighted by atomic mass is 10.0. The lowest BCUT2D eigenvalue weighted by Gasteiger charge is -2.06. The Morgan fingerprint density at radius 3 is 2.85 bits per heavy atom. The Labute approximate surface area is 152 Å². The van der Waals surface area contributed by atoms with Gasteiger partial charge in [-0.05, 0) is 33.1 Å². The molecule has 26 heavy (non-hydrogen) atoms. The zero-order chi connectivity index (χ0) is 17.9. The number of carbonyl (C=O) groups excluding carboxylic acids is 1. The molecule has 0 saturated heterocycles. The van der Waals surface area contributed by atoms with Gasteiger partial charge in [0.2, 0.25) is 5.91 Å². The Bertz CT molecular complexity index is 1070. The number of thiazole rings is 1. The quantitative estimate of drug-likeness (QED) is 0.560. The highest BCUT2D eigenvalue weighted by atomic mass is 32.1. The maximum atomic E-state index is 12.3. The van der Waals surface area contributed by atoms with Crippen LogP contribution in [0.15, 0.2) is 52.5 Å². The van der Waals surface area contributed by atoms with E-state index in [4.69, 9.17) is 5.73 Å². The second-order valence-corrected chi connectivity index (χ2v) is 6.58. The molecule has 4 rings (SSSR count). The summed E-state index contributed by atoms with van der Waals surface area (Å²) in [4.78, 5) is 16.6. The first-order valence-corrected chi connectivity index (χ1v) is 8.89. The van der Waals surface area contributed by atoms with E-state index in [1.165, 1.54) is 22.1 Å². The maximum Gasteiger partial charge on any atom is 0.226 e. The van der Waals surface area contributed by atoms with Crippen LogP contribution in [0.3, 0.4) is 0 Å². The van der Waals surface area contributed by atoms with Crippen molar-refractivity contribution in [2.24, 2.45) is 0 Å². The van der Waals surface area contributed by atoms with Crippen molar-refractivity contribution >= 4 is 39.0 Å². The Morgan fingerprint density at radius 2 is 2.00 bits per heavy atom. The fourth-order valence-electron chi connectivity index (χ4n) is 2.75. The van der Waals surface area contributed by atoms with E-state index in [9.17, 15) is 4.79 Å². The molecule has 2 aromatic carbocycles. The molecule has 2 aromatic heterocycles. The van der Waals surface area contributed by atoms with Crippen LogP contribution in [0.4, 0.5) is 10.9 Å². The van der Waals surface area contributed by atoms with Gasteiger partial charge in [0.15, 0.2) is 16.6 Å². The van der Waals surface area contributed by atoms with Gasteiger partial charge in [-0.15, -0.1) is 11.3 Å². The van der Waals surface area contributed by atoms with Crippen molar-refractivity contribution < 1.29 is 9.42 Å². The molecule has 4 aromatic rings. The number of carbonyl (C=O) groups is 1. The summed E-state index contributed by atoms with van der Waals surface area (Å²) in [5, 5.41) is 14.6. The van der Waals surface area contributed by atoms with Crippen LogP contribution in [0.1, 0.15) is 12.0 Å². The first-order chi connectivity index (χ1) is 12.7. The van der Waals surface area contributed by atoms with Crippen LogP contribution in [0.2, 0.25) is 0 Å². The molecular formula is C18H15N5O2S. The third kappa shape index (κ3) is 3.27. The van der Waals surface area contributed by atoms with E-state index in [1.54, 1.807) is 5.38 Å². The molecule has 0 unspecified atom stereocenters. The molecule has 8 heteroatoms. The van der Waals surface area contributed by atoms with Crippen LogP contribution in [0.5, 0.6) is 0 Å². The molecule has 0 spiro atoms. The number of amides is 1. The van der Waals surface area contributed by atoms with E-state index in [2.05, 4.69) is 49.5 Å². The molecule has 3 N–H and O–H groups in total. The van der Waals surface area contributed by atoms with Gasteiger partial charge in [0, 0.05) is 11.8 Å². The van der Waals surface area contributed by atoms with Gasteiger partial charge in [0.25, 0.3) is 0 Å². The first kappa shape index (κ1) is 16.2. The van der Waals surface area contributed by atoms with E-state index in [0.717, 1.165) is 5.56 Å². The highest BCUT2D eigenvalue weighted by molar-refractivity contribution is 7.14. The predicted octanol–water partition coefficient (Wildman–Crippen LogP) is 3.50. The molecule has 1 amide bonds. The van der Waals surface area contributed by atoms with Gasteiger partial charge in [0.1, 0.15) is 5.69 Å². The number of aromatic nitrogens is 3. The van der Waals surface area contributed by atoms with Crippen molar-refractivity contribution in [2.45, 2.75) is 12.8 Å². The smallest absolute Gasteiger partial charge is 0.226 e. The molecule has 0 saturated carbocycles. The molecule has 0 atom stereocenters. The van der Waals surface area contributed by atoms with Crippen LogP contribution in [0, 0.1) is 0 Å². The van der Waals surface area contributed by atoms with E-state index in [0.29, 0.717) is 29.4 Å². The van der Waals surface area contributed by atoms with E-state index < -0.39 is 0 Å². The summed E-state index contributed by atoms with van der Waals surface area (Å²) >= 11 is 1.30. The maximum absolute atomic E-state index is 12.3. The zero-order valence-electron chi connectivity index (χ0n) is 13.7. The summed E-state index contributed by atoms with van der Waals surface area (Å²) in [6, 6.07) is 14.3. The lowest BCUT2D eigenvalue weighted by molar-refractivity contribution is -0.116.